The third kappa shape index (κ3) is 3.77. The fourth-order valence-corrected chi connectivity index (χ4v) is 6.93. The molecule has 3 heterocycles. The molecule has 0 aliphatic carbocycles. The van der Waals surface area contributed by atoms with Crippen molar-refractivity contribution in [3.8, 4) is 5.75 Å². The highest BCUT2D eigenvalue weighted by Crippen LogP contribution is 2.57. The van der Waals surface area contributed by atoms with E-state index < -0.39 is 29.3 Å². The average Bonchev–Trinajstić information content (AvgIpc) is 3.50. The number of anilines is 3. The molecule has 4 aromatic rings. The Bertz CT molecular complexity index is 1770. The van der Waals surface area contributed by atoms with E-state index in [-0.39, 0.29) is 11.7 Å². The van der Waals surface area contributed by atoms with Gasteiger partial charge in [-0.2, -0.15) is 0 Å². The van der Waals surface area contributed by atoms with Crippen LogP contribution in [0.25, 0.3) is 6.08 Å². The molecule has 0 unspecified atom stereocenters. The quantitative estimate of drug-likeness (QED) is 0.287. The molecule has 3 aliphatic heterocycles. The summed E-state index contributed by atoms with van der Waals surface area (Å²) in [6, 6.07) is 27.1. The number of Topliss-reactive ketones (excluding diaryl/α,β-unsaturated/α-hetero) is 1. The number of methoxy groups -OCH3 is 1. The van der Waals surface area contributed by atoms with Crippen LogP contribution in [0, 0.1) is 5.92 Å². The number of hydrogen-bond donors (Lipinski definition) is 2. The van der Waals surface area contributed by atoms with Crippen LogP contribution in [-0.4, -0.2) is 36.8 Å². The predicted octanol–water partition coefficient (Wildman–Crippen LogP) is 5.96. The number of carbonyl (C=O) groups is 3. The van der Waals surface area contributed by atoms with Gasteiger partial charge in [0.2, 0.25) is 11.8 Å². The first-order valence-corrected chi connectivity index (χ1v) is 14.0. The number of fused-ring (bicyclic) bond motifs is 6. The van der Waals surface area contributed by atoms with Crippen LogP contribution in [-0.2, 0) is 15.0 Å². The zero-order chi connectivity index (χ0) is 29.0. The molecule has 42 heavy (non-hydrogen) atoms. The Labute approximate surface area is 247 Å². The summed E-state index contributed by atoms with van der Waals surface area (Å²) in [5.74, 6) is -1.48. The number of para-hydroxylation sites is 2. The second-order valence-corrected chi connectivity index (χ2v) is 11.1. The Balaban J connectivity index is 1.47. The molecule has 0 bridgehead atoms. The number of ether oxygens (including phenoxy) is 1. The largest absolute Gasteiger partial charge is 0.497 e. The summed E-state index contributed by atoms with van der Waals surface area (Å²) in [6.07, 6.45) is 3.93. The zero-order valence-electron chi connectivity index (χ0n) is 22.6. The van der Waals surface area contributed by atoms with Crippen molar-refractivity contribution in [2.75, 3.05) is 22.6 Å². The number of amides is 2. The molecule has 1 spiro atoms. The fraction of sp³-hybridized carbons (Fsp3) is 0.147. The number of halogens is 1. The first-order valence-electron chi connectivity index (χ1n) is 13.6. The maximum Gasteiger partial charge on any atom is 0.247 e. The number of rotatable bonds is 5. The molecule has 8 heteroatoms. The monoisotopic (exact) mass is 575 g/mol. The molecule has 4 atom stereocenters. The fourth-order valence-electron chi connectivity index (χ4n) is 6.80. The summed E-state index contributed by atoms with van der Waals surface area (Å²) >= 11 is 6.10. The lowest BCUT2D eigenvalue weighted by Gasteiger charge is -2.37. The van der Waals surface area contributed by atoms with Crippen LogP contribution in [0.5, 0.6) is 5.75 Å². The highest BCUT2D eigenvalue weighted by atomic mass is 35.5. The lowest BCUT2D eigenvalue weighted by atomic mass is 9.64. The van der Waals surface area contributed by atoms with E-state index in [0.717, 1.165) is 11.3 Å². The van der Waals surface area contributed by atoms with Crippen molar-refractivity contribution in [1.82, 2.24) is 0 Å². The molecule has 1 saturated heterocycles. The number of nitrogens with zero attached hydrogens (tertiary/aromatic N) is 1. The molecule has 4 aromatic carbocycles. The second-order valence-electron chi connectivity index (χ2n) is 10.7. The van der Waals surface area contributed by atoms with Crippen LogP contribution in [0.1, 0.15) is 21.5 Å². The van der Waals surface area contributed by atoms with E-state index in [1.807, 2.05) is 65.6 Å². The zero-order valence-corrected chi connectivity index (χ0v) is 23.3. The molecule has 1 fully saturated rings. The van der Waals surface area contributed by atoms with Crippen molar-refractivity contribution in [2.45, 2.75) is 17.5 Å². The average molecular weight is 576 g/mol. The highest BCUT2D eigenvalue weighted by molar-refractivity contribution is 6.30. The van der Waals surface area contributed by atoms with Gasteiger partial charge in [-0.3, -0.25) is 14.4 Å². The minimum atomic E-state index is -1.38. The molecule has 0 saturated carbocycles. The summed E-state index contributed by atoms with van der Waals surface area (Å²) < 4.78 is 5.32. The second kappa shape index (κ2) is 9.89. The third-order valence-electron chi connectivity index (χ3n) is 8.58. The van der Waals surface area contributed by atoms with E-state index in [1.54, 1.807) is 55.6 Å². The van der Waals surface area contributed by atoms with Gasteiger partial charge >= 0.3 is 0 Å². The topological polar surface area (TPSA) is 87.7 Å². The molecular formula is C34H26ClN3O4. The van der Waals surface area contributed by atoms with Gasteiger partial charge in [-0.25, -0.2) is 0 Å². The molecule has 0 radical (unpaired) electrons. The molecule has 2 amide bonds. The van der Waals surface area contributed by atoms with E-state index >= 15 is 0 Å². The number of carbonyl (C=O) groups excluding carboxylic acids is 3. The van der Waals surface area contributed by atoms with Gasteiger partial charge in [0.1, 0.15) is 17.2 Å². The molecule has 7 nitrogen and oxygen atoms in total. The van der Waals surface area contributed by atoms with Gasteiger partial charge in [0.15, 0.2) is 5.78 Å². The number of ketones is 1. The smallest absolute Gasteiger partial charge is 0.247 e. The predicted molar refractivity (Wildman–Crippen MR) is 163 cm³/mol. The Hall–Kier alpha value is -4.88. The summed E-state index contributed by atoms with van der Waals surface area (Å²) in [6.45, 7) is 0. The van der Waals surface area contributed by atoms with Crippen LogP contribution < -0.4 is 20.3 Å². The first kappa shape index (κ1) is 26.0. The highest BCUT2D eigenvalue weighted by Gasteiger charge is 2.70. The van der Waals surface area contributed by atoms with E-state index in [0.29, 0.717) is 33.3 Å². The lowest BCUT2D eigenvalue weighted by molar-refractivity contribution is -0.122. The normalized spacial score (nSPS) is 23.1. The van der Waals surface area contributed by atoms with Crippen molar-refractivity contribution in [3.63, 3.8) is 0 Å². The van der Waals surface area contributed by atoms with Crippen LogP contribution in [0.4, 0.5) is 17.1 Å². The molecule has 2 N–H and O–H groups in total. The molecule has 208 valence electrons. The van der Waals surface area contributed by atoms with Crippen LogP contribution in [0.2, 0.25) is 5.02 Å². The van der Waals surface area contributed by atoms with Gasteiger partial charge < -0.3 is 20.3 Å². The van der Waals surface area contributed by atoms with Crippen molar-refractivity contribution >= 4 is 52.3 Å². The van der Waals surface area contributed by atoms with Gasteiger partial charge in [-0.1, -0.05) is 60.2 Å². The maximum atomic E-state index is 14.8. The molecule has 3 aliphatic rings. The van der Waals surface area contributed by atoms with Crippen molar-refractivity contribution in [1.29, 1.82) is 0 Å². The van der Waals surface area contributed by atoms with Gasteiger partial charge in [0, 0.05) is 27.6 Å². The SMILES string of the molecule is COc1ccc(C(=O)[C@@H]2[C@H](C(=O)Nc3ccc(Cl)cc3)N3c4ccccc4C=C[C@H]3[C@]23C(=O)Nc2ccccc23)cc1. The minimum Gasteiger partial charge on any atom is -0.497 e. The van der Waals surface area contributed by atoms with Crippen molar-refractivity contribution in [2.24, 2.45) is 5.92 Å². The Morgan fingerprint density at radius 1 is 0.929 bits per heavy atom. The summed E-state index contributed by atoms with van der Waals surface area (Å²) in [5, 5.41) is 6.58. The molecular weight excluding hydrogens is 550 g/mol. The Kier molecular flexibility index (Phi) is 6.13. The Morgan fingerprint density at radius 2 is 1.64 bits per heavy atom. The van der Waals surface area contributed by atoms with Gasteiger partial charge in [-0.15, -0.1) is 0 Å². The van der Waals surface area contributed by atoms with E-state index in [1.165, 1.54) is 0 Å². The standard InChI is InChI=1S/C34H26ClN3O4/c1-42-24-17-10-21(11-18-24)31(39)29-30(32(40)36-23-15-13-22(35)14-16-23)38-27-9-5-2-6-20(27)12-19-28(38)34(29)25-7-3-4-8-26(25)37-33(34)41/h2-19,28-30H,1H3,(H,36,40)(H,37,41)/t28-,29-,30+,34-/m0/s1. The van der Waals surface area contributed by atoms with Gasteiger partial charge in [0.05, 0.1) is 19.1 Å². The van der Waals surface area contributed by atoms with Crippen LogP contribution >= 0.6 is 11.6 Å². The van der Waals surface area contributed by atoms with Gasteiger partial charge in [0.25, 0.3) is 0 Å². The van der Waals surface area contributed by atoms with Crippen molar-refractivity contribution in [3.05, 3.63) is 125 Å². The lowest BCUT2D eigenvalue weighted by Crippen LogP contribution is -2.51. The van der Waals surface area contributed by atoms with E-state index in [2.05, 4.69) is 10.6 Å². The maximum absolute atomic E-state index is 14.8. The van der Waals surface area contributed by atoms with Crippen LogP contribution in [0.3, 0.4) is 0 Å². The number of hydrogen-bond acceptors (Lipinski definition) is 5. The number of benzene rings is 4. The minimum absolute atomic E-state index is 0.305. The molecule has 7 rings (SSSR count). The number of nitrogens with one attached hydrogen (secondary N) is 2. The summed E-state index contributed by atoms with van der Waals surface area (Å²) in [5.41, 5.74) is 2.57. The summed E-state index contributed by atoms with van der Waals surface area (Å²) in [4.78, 5) is 45.5. The van der Waals surface area contributed by atoms with E-state index in [9.17, 15) is 14.4 Å². The Morgan fingerprint density at radius 3 is 2.40 bits per heavy atom. The first-order chi connectivity index (χ1) is 20.4. The summed E-state index contributed by atoms with van der Waals surface area (Å²) in [7, 11) is 1.56. The van der Waals surface area contributed by atoms with Gasteiger partial charge in [-0.05, 0) is 71.8 Å². The third-order valence-corrected chi connectivity index (χ3v) is 8.83. The van der Waals surface area contributed by atoms with E-state index in [4.69, 9.17) is 16.3 Å². The van der Waals surface area contributed by atoms with Crippen molar-refractivity contribution < 1.29 is 19.1 Å². The molecule has 0 aromatic heterocycles. The van der Waals surface area contributed by atoms with Crippen LogP contribution in [0.15, 0.2) is 103 Å².